The van der Waals surface area contributed by atoms with Gasteiger partial charge in [-0.2, -0.15) is 0 Å². The van der Waals surface area contributed by atoms with Crippen molar-refractivity contribution in [3.8, 4) is 35.1 Å². The van der Waals surface area contributed by atoms with Crippen LogP contribution >= 0.6 is 11.3 Å². The van der Waals surface area contributed by atoms with Crippen LogP contribution in [0, 0.1) is 23.7 Å². The average Bonchev–Trinajstić information content (AvgIpc) is 3.20. The van der Waals surface area contributed by atoms with Crippen molar-refractivity contribution in [1.82, 2.24) is 9.97 Å². The molecule has 0 aromatic carbocycles. The van der Waals surface area contributed by atoms with E-state index in [-0.39, 0.29) is 0 Å². The van der Waals surface area contributed by atoms with Crippen LogP contribution in [0.2, 0.25) is 0 Å². The molecule has 0 spiro atoms. The Labute approximate surface area is 202 Å². The van der Waals surface area contributed by atoms with Crippen molar-refractivity contribution < 1.29 is 5.11 Å². The summed E-state index contributed by atoms with van der Waals surface area (Å²) in [6, 6.07) is 7.73. The molecular formula is C29H32N2OS. The van der Waals surface area contributed by atoms with E-state index >= 15 is 0 Å². The Morgan fingerprint density at radius 2 is 1.45 bits per heavy atom. The number of nitrogens with zero attached hydrogens (tertiary/aromatic N) is 2. The van der Waals surface area contributed by atoms with Crippen LogP contribution in [0.4, 0.5) is 0 Å². The van der Waals surface area contributed by atoms with Crippen molar-refractivity contribution in [1.29, 1.82) is 0 Å². The van der Waals surface area contributed by atoms with Crippen molar-refractivity contribution >= 4 is 11.3 Å². The molecule has 0 radical (unpaired) electrons. The van der Waals surface area contributed by atoms with Gasteiger partial charge in [0.05, 0.1) is 16.3 Å². The summed E-state index contributed by atoms with van der Waals surface area (Å²) in [5.41, 5.74) is 5.15. The normalized spacial score (nSPS) is 10.8. The first-order valence-electron chi connectivity index (χ1n) is 11.7. The summed E-state index contributed by atoms with van der Waals surface area (Å²) in [6.45, 7) is 7.80. The summed E-state index contributed by atoms with van der Waals surface area (Å²) in [6.07, 6.45) is 10.6. The Balaban J connectivity index is 1.74. The fourth-order valence-corrected chi connectivity index (χ4v) is 4.33. The Kier molecular flexibility index (Phi) is 8.84. The maximum absolute atomic E-state index is 9.73. The van der Waals surface area contributed by atoms with Crippen LogP contribution in [-0.2, 0) is 12.8 Å². The van der Waals surface area contributed by atoms with Crippen LogP contribution in [0.25, 0.3) is 11.4 Å². The monoisotopic (exact) mass is 456 g/mol. The Hall–Kier alpha value is -2.92. The first kappa shape index (κ1) is 24.7. The van der Waals surface area contributed by atoms with Gasteiger partial charge in [0.15, 0.2) is 0 Å². The first-order chi connectivity index (χ1) is 15.9. The lowest BCUT2D eigenvalue weighted by atomic mass is 10.0. The van der Waals surface area contributed by atoms with Crippen molar-refractivity contribution in [3.05, 3.63) is 69.2 Å². The van der Waals surface area contributed by atoms with Gasteiger partial charge in [-0.25, -0.2) is 0 Å². The van der Waals surface area contributed by atoms with Gasteiger partial charge in [-0.1, -0.05) is 50.4 Å². The maximum Gasteiger partial charge on any atom is 0.120 e. The third-order valence-electron chi connectivity index (χ3n) is 5.18. The predicted octanol–water partition coefficient (Wildman–Crippen LogP) is 6.41. The molecular weight excluding hydrogens is 424 g/mol. The molecule has 1 N–H and O–H groups in total. The minimum Gasteiger partial charge on any atom is -0.378 e. The fraction of sp³-hybridized carbons (Fsp3) is 0.379. The largest absolute Gasteiger partial charge is 0.378 e. The van der Waals surface area contributed by atoms with E-state index in [4.69, 9.17) is 0 Å². The third kappa shape index (κ3) is 7.57. The van der Waals surface area contributed by atoms with Gasteiger partial charge in [0, 0.05) is 23.5 Å². The van der Waals surface area contributed by atoms with E-state index in [1.54, 1.807) is 31.4 Å². The lowest BCUT2D eigenvalue weighted by molar-refractivity contribution is 0.143. The Bertz CT molecular complexity index is 1160. The number of hydrogen-bond acceptors (Lipinski definition) is 4. The summed E-state index contributed by atoms with van der Waals surface area (Å²) in [5.74, 6) is 12.4. The number of aliphatic hydroxyl groups is 1. The average molecular weight is 457 g/mol. The first-order valence-corrected chi connectivity index (χ1v) is 12.6. The molecule has 0 saturated heterocycles. The molecule has 0 unspecified atom stereocenters. The highest BCUT2D eigenvalue weighted by Crippen LogP contribution is 2.26. The van der Waals surface area contributed by atoms with Crippen LogP contribution in [0.5, 0.6) is 0 Å². The number of hydrogen-bond donors (Lipinski definition) is 1. The van der Waals surface area contributed by atoms with Crippen LogP contribution in [0.3, 0.4) is 0 Å². The molecule has 0 bridgehead atoms. The maximum atomic E-state index is 9.73. The van der Waals surface area contributed by atoms with Crippen molar-refractivity contribution in [2.24, 2.45) is 0 Å². The van der Waals surface area contributed by atoms with Crippen LogP contribution < -0.4 is 0 Å². The highest BCUT2D eigenvalue weighted by atomic mass is 32.1. The quantitative estimate of drug-likeness (QED) is 0.418. The SMILES string of the molecule is CCCCc1csc(C#Cc2ccc(-c3ccc(C#CC(C)(C)O)cn3)nc2)c1CCCC. The van der Waals surface area contributed by atoms with Gasteiger partial charge >= 0.3 is 0 Å². The van der Waals surface area contributed by atoms with E-state index in [0.717, 1.165) is 35.4 Å². The van der Waals surface area contributed by atoms with E-state index in [9.17, 15) is 5.11 Å². The van der Waals surface area contributed by atoms with E-state index in [2.05, 4.69) is 52.9 Å². The molecule has 3 aromatic heterocycles. The molecule has 0 atom stereocenters. The standard InChI is InChI=1S/C29H32N2OS/c1-5-7-9-24-21-33-28(25(24)10-8-6-2)16-13-22-11-14-26(30-19-22)27-15-12-23(20-31-27)17-18-29(3,4)32/h11-12,14-15,19-21,32H,5-10H2,1-4H3. The van der Waals surface area contributed by atoms with Crippen molar-refractivity contribution in [2.45, 2.75) is 71.8 Å². The zero-order valence-electron chi connectivity index (χ0n) is 20.0. The number of aromatic nitrogens is 2. The summed E-state index contributed by atoms with van der Waals surface area (Å²) >= 11 is 1.77. The molecule has 0 aliphatic carbocycles. The molecule has 4 heteroatoms. The number of rotatable bonds is 7. The van der Waals surface area contributed by atoms with Gasteiger partial charge in [0.25, 0.3) is 0 Å². The Morgan fingerprint density at radius 3 is 2.00 bits per heavy atom. The molecule has 0 aliphatic rings. The lowest BCUT2D eigenvalue weighted by Crippen LogP contribution is -2.14. The van der Waals surface area contributed by atoms with E-state index in [1.165, 1.54) is 41.7 Å². The lowest BCUT2D eigenvalue weighted by Gasteiger charge is -2.06. The molecule has 3 aromatic rings. The van der Waals surface area contributed by atoms with E-state index in [1.807, 2.05) is 30.5 Å². The van der Waals surface area contributed by atoms with Crippen molar-refractivity contribution in [3.63, 3.8) is 0 Å². The van der Waals surface area contributed by atoms with Crippen molar-refractivity contribution in [2.75, 3.05) is 0 Å². The zero-order chi connectivity index (χ0) is 23.7. The van der Waals surface area contributed by atoms with Gasteiger partial charge < -0.3 is 5.11 Å². The van der Waals surface area contributed by atoms with Gasteiger partial charge in [-0.3, -0.25) is 9.97 Å². The zero-order valence-corrected chi connectivity index (χ0v) is 20.9. The molecule has 3 heterocycles. The van der Waals surface area contributed by atoms with Gasteiger partial charge in [-0.15, -0.1) is 11.3 Å². The van der Waals surface area contributed by atoms with Crippen LogP contribution in [0.15, 0.2) is 42.0 Å². The van der Waals surface area contributed by atoms with Crippen LogP contribution in [0.1, 0.15) is 80.5 Å². The highest BCUT2D eigenvalue weighted by Gasteiger charge is 2.10. The smallest absolute Gasteiger partial charge is 0.120 e. The van der Waals surface area contributed by atoms with Gasteiger partial charge in [-0.05, 0) is 80.3 Å². The van der Waals surface area contributed by atoms with Gasteiger partial charge in [0.1, 0.15) is 5.60 Å². The van der Waals surface area contributed by atoms with E-state index in [0.29, 0.717) is 0 Å². The van der Waals surface area contributed by atoms with Crippen LogP contribution in [-0.4, -0.2) is 20.7 Å². The second-order valence-electron chi connectivity index (χ2n) is 8.70. The molecule has 3 nitrogen and oxygen atoms in total. The number of unbranched alkanes of at least 4 members (excludes halogenated alkanes) is 2. The summed E-state index contributed by atoms with van der Waals surface area (Å²) < 4.78 is 0. The second-order valence-corrected chi connectivity index (χ2v) is 9.58. The summed E-state index contributed by atoms with van der Waals surface area (Å²) in [7, 11) is 0. The molecule has 33 heavy (non-hydrogen) atoms. The third-order valence-corrected chi connectivity index (χ3v) is 6.17. The molecule has 0 fully saturated rings. The Morgan fingerprint density at radius 1 is 0.848 bits per heavy atom. The number of aryl methyl sites for hydroxylation is 1. The number of pyridine rings is 2. The molecule has 0 aliphatic heterocycles. The van der Waals surface area contributed by atoms with E-state index < -0.39 is 5.60 Å². The summed E-state index contributed by atoms with van der Waals surface area (Å²) in [5, 5.41) is 12.0. The topological polar surface area (TPSA) is 46.0 Å². The fourth-order valence-electron chi connectivity index (χ4n) is 3.32. The summed E-state index contributed by atoms with van der Waals surface area (Å²) in [4.78, 5) is 10.2. The number of thiophene rings is 1. The molecule has 0 amide bonds. The molecule has 0 saturated carbocycles. The molecule has 170 valence electrons. The highest BCUT2D eigenvalue weighted by molar-refractivity contribution is 7.10. The molecule has 3 rings (SSSR count). The minimum absolute atomic E-state index is 0.761. The predicted molar refractivity (Wildman–Crippen MR) is 138 cm³/mol. The minimum atomic E-state index is -1.02. The van der Waals surface area contributed by atoms with Gasteiger partial charge in [0.2, 0.25) is 0 Å². The second kappa shape index (κ2) is 11.8.